The lowest BCUT2D eigenvalue weighted by atomic mass is 9.59. The lowest BCUT2D eigenvalue weighted by Gasteiger charge is -2.45. The number of hydrogen-bond acceptors (Lipinski definition) is 2. The van der Waals surface area contributed by atoms with Crippen LogP contribution in [0, 0.1) is 5.92 Å². The van der Waals surface area contributed by atoms with Gasteiger partial charge in [0.2, 0.25) is 0 Å². The van der Waals surface area contributed by atoms with Crippen molar-refractivity contribution < 1.29 is 9.21 Å². The van der Waals surface area contributed by atoms with E-state index < -0.39 is 0 Å². The van der Waals surface area contributed by atoms with Crippen LogP contribution in [0.5, 0.6) is 0 Å². The highest BCUT2D eigenvalue weighted by molar-refractivity contribution is 9.10. The molecule has 1 unspecified atom stereocenters. The zero-order chi connectivity index (χ0) is 17.7. The first-order valence-corrected chi connectivity index (χ1v) is 9.73. The molecule has 26 heavy (non-hydrogen) atoms. The monoisotopic (exact) mass is 407 g/mol. The maximum Gasteiger partial charge on any atom is 0.287 e. The molecule has 0 aliphatic heterocycles. The number of carbonyl (C=O) groups excluding carboxylic acids is 1. The first-order valence-electron chi connectivity index (χ1n) is 8.93. The predicted molar refractivity (Wildman–Crippen MR) is 103 cm³/mol. The summed E-state index contributed by atoms with van der Waals surface area (Å²) >= 11 is 3.24. The fourth-order valence-corrected chi connectivity index (χ4v) is 5.01. The topological polar surface area (TPSA) is 42.2 Å². The highest BCUT2D eigenvalue weighted by Gasteiger charge is 2.42. The van der Waals surface area contributed by atoms with E-state index >= 15 is 0 Å². The largest absolute Gasteiger partial charge is 0.444 e. The number of furan rings is 1. The van der Waals surface area contributed by atoms with Crippen molar-refractivity contribution in [2.45, 2.75) is 18.3 Å². The lowest BCUT2D eigenvalue weighted by Crippen LogP contribution is -2.39. The fourth-order valence-electron chi connectivity index (χ4n) is 4.71. The van der Waals surface area contributed by atoms with Crippen LogP contribution in [-0.2, 0) is 0 Å². The van der Waals surface area contributed by atoms with Gasteiger partial charge in [0.05, 0.1) is 0 Å². The van der Waals surface area contributed by atoms with Crippen molar-refractivity contribution in [2.24, 2.45) is 5.92 Å². The number of amides is 1. The fraction of sp³-hybridized carbons (Fsp3) is 0.227. The Morgan fingerprint density at radius 2 is 1.58 bits per heavy atom. The van der Waals surface area contributed by atoms with Gasteiger partial charge in [-0.3, -0.25) is 4.79 Å². The lowest BCUT2D eigenvalue weighted by molar-refractivity contribution is 0.0914. The third-order valence-corrected chi connectivity index (χ3v) is 6.17. The van der Waals surface area contributed by atoms with Gasteiger partial charge in [-0.2, -0.15) is 0 Å². The number of nitrogens with one attached hydrogen (secondary N) is 1. The molecule has 1 N–H and O–H groups in total. The molecule has 0 saturated carbocycles. The minimum Gasteiger partial charge on any atom is -0.444 e. The van der Waals surface area contributed by atoms with Crippen LogP contribution in [0.3, 0.4) is 0 Å². The summed E-state index contributed by atoms with van der Waals surface area (Å²) in [6, 6.07) is 21.0. The molecule has 0 spiro atoms. The molecule has 0 fully saturated rings. The minimum atomic E-state index is -0.154. The van der Waals surface area contributed by atoms with Crippen LogP contribution >= 0.6 is 15.9 Å². The molecule has 3 aliphatic carbocycles. The molecule has 1 atom stereocenters. The number of hydrogen-bond donors (Lipinski definition) is 1. The van der Waals surface area contributed by atoms with Crippen LogP contribution in [0.1, 0.15) is 51.1 Å². The molecule has 0 radical (unpaired) electrons. The van der Waals surface area contributed by atoms with E-state index in [2.05, 4.69) is 69.8 Å². The summed E-state index contributed by atoms with van der Waals surface area (Å²) in [4.78, 5) is 12.4. The zero-order valence-corrected chi connectivity index (χ0v) is 15.7. The smallest absolute Gasteiger partial charge is 0.287 e. The Kier molecular flexibility index (Phi) is 3.75. The summed E-state index contributed by atoms with van der Waals surface area (Å²) in [5.74, 6) is 1.35. The Morgan fingerprint density at radius 1 is 0.962 bits per heavy atom. The molecule has 1 amide bonds. The van der Waals surface area contributed by atoms with E-state index in [0.29, 0.717) is 34.7 Å². The molecule has 1 aromatic heterocycles. The van der Waals surface area contributed by atoms with Gasteiger partial charge in [0, 0.05) is 18.4 Å². The average molecular weight is 408 g/mol. The van der Waals surface area contributed by atoms with E-state index in [0.717, 1.165) is 6.42 Å². The van der Waals surface area contributed by atoms with Gasteiger partial charge in [0.1, 0.15) is 0 Å². The molecule has 4 heteroatoms. The average Bonchev–Trinajstić information content (AvgIpc) is 3.13. The third-order valence-electron chi connectivity index (χ3n) is 5.74. The van der Waals surface area contributed by atoms with E-state index in [1.807, 2.05) is 0 Å². The zero-order valence-electron chi connectivity index (χ0n) is 14.1. The molecular weight excluding hydrogens is 390 g/mol. The second-order valence-electron chi connectivity index (χ2n) is 7.10. The highest BCUT2D eigenvalue weighted by Crippen LogP contribution is 2.55. The van der Waals surface area contributed by atoms with Crippen LogP contribution in [0.4, 0.5) is 0 Å². The molecule has 3 aliphatic rings. The van der Waals surface area contributed by atoms with E-state index in [4.69, 9.17) is 4.42 Å². The molecule has 0 saturated heterocycles. The second-order valence-corrected chi connectivity index (χ2v) is 7.88. The van der Waals surface area contributed by atoms with E-state index in [1.165, 1.54) is 22.3 Å². The van der Waals surface area contributed by atoms with Gasteiger partial charge < -0.3 is 9.73 Å². The number of benzene rings is 2. The van der Waals surface area contributed by atoms with Gasteiger partial charge >= 0.3 is 0 Å². The summed E-state index contributed by atoms with van der Waals surface area (Å²) in [5, 5.41) is 3.07. The Hall–Kier alpha value is -2.33. The van der Waals surface area contributed by atoms with E-state index in [-0.39, 0.29) is 5.91 Å². The van der Waals surface area contributed by atoms with Crippen LogP contribution < -0.4 is 5.32 Å². The van der Waals surface area contributed by atoms with Crippen molar-refractivity contribution in [2.75, 3.05) is 6.54 Å². The highest BCUT2D eigenvalue weighted by atomic mass is 79.9. The summed E-state index contributed by atoms with van der Waals surface area (Å²) < 4.78 is 5.94. The van der Waals surface area contributed by atoms with Gasteiger partial charge in [-0.05, 0) is 62.7 Å². The number of rotatable bonds is 3. The molecule has 130 valence electrons. The van der Waals surface area contributed by atoms with Gasteiger partial charge in [-0.1, -0.05) is 48.5 Å². The summed E-state index contributed by atoms with van der Waals surface area (Å²) in [7, 11) is 0. The van der Waals surface area contributed by atoms with Crippen molar-refractivity contribution in [3.63, 3.8) is 0 Å². The van der Waals surface area contributed by atoms with Crippen molar-refractivity contribution in [1.82, 2.24) is 5.32 Å². The van der Waals surface area contributed by atoms with Crippen molar-refractivity contribution in [3.05, 3.63) is 93.3 Å². The van der Waals surface area contributed by atoms with Gasteiger partial charge in [-0.25, -0.2) is 0 Å². The SMILES string of the molecule is O=C(NCC1CC2c3ccccc3C1c1ccccc12)c1ccc(Br)o1. The van der Waals surface area contributed by atoms with Gasteiger partial charge in [0.15, 0.2) is 10.4 Å². The normalized spacial score (nSPS) is 22.6. The number of carbonyl (C=O) groups is 1. The third kappa shape index (κ3) is 2.43. The first kappa shape index (κ1) is 15.9. The van der Waals surface area contributed by atoms with E-state index in [1.54, 1.807) is 12.1 Å². The minimum absolute atomic E-state index is 0.154. The first-order chi connectivity index (χ1) is 12.7. The molecule has 6 rings (SSSR count). The maximum absolute atomic E-state index is 12.4. The molecule has 3 nitrogen and oxygen atoms in total. The molecular formula is C22H18BrNO2. The molecule has 2 aromatic carbocycles. The van der Waals surface area contributed by atoms with Gasteiger partial charge in [0.25, 0.3) is 5.91 Å². The number of fused-ring (bicyclic) bond motifs is 1. The predicted octanol–water partition coefficient (Wildman–Crippen LogP) is 5.07. The van der Waals surface area contributed by atoms with Crippen LogP contribution in [0.25, 0.3) is 0 Å². The van der Waals surface area contributed by atoms with Crippen LogP contribution in [0.15, 0.2) is 69.8 Å². The van der Waals surface area contributed by atoms with Crippen LogP contribution in [0.2, 0.25) is 0 Å². The Balaban J connectivity index is 1.44. The van der Waals surface area contributed by atoms with Crippen LogP contribution in [-0.4, -0.2) is 12.5 Å². The van der Waals surface area contributed by atoms with E-state index in [9.17, 15) is 4.79 Å². The maximum atomic E-state index is 12.4. The summed E-state index contributed by atoms with van der Waals surface area (Å²) in [5.41, 5.74) is 5.74. The Labute approximate surface area is 160 Å². The second kappa shape index (κ2) is 6.13. The number of halogens is 1. The quantitative estimate of drug-likeness (QED) is 0.658. The van der Waals surface area contributed by atoms with Crippen molar-refractivity contribution >= 4 is 21.8 Å². The molecule has 1 heterocycles. The molecule has 3 aromatic rings. The standard InChI is InChI=1S/C22H18BrNO2/c23-20-10-9-19(26-20)22(25)24-12-13-11-18-14-5-1-3-7-16(14)21(13)17-8-4-2-6-15(17)18/h1-10,13,18,21H,11-12H2,(H,24,25). The summed E-state index contributed by atoms with van der Waals surface area (Å²) in [6.07, 6.45) is 1.07. The van der Waals surface area contributed by atoms with Gasteiger partial charge in [-0.15, -0.1) is 0 Å². The Bertz CT molecular complexity index is 946. The Morgan fingerprint density at radius 3 is 2.15 bits per heavy atom. The van der Waals surface area contributed by atoms with Crippen molar-refractivity contribution in [1.29, 1.82) is 0 Å². The summed E-state index contributed by atoms with van der Waals surface area (Å²) in [6.45, 7) is 0.654. The molecule has 2 bridgehead atoms. The van der Waals surface area contributed by atoms with Crippen molar-refractivity contribution in [3.8, 4) is 0 Å².